The van der Waals surface area contributed by atoms with Gasteiger partial charge in [-0.25, -0.2) is 8.42 Å². The summed E-state index contributed by atoms with van der Waals surface area (Å²) in [5, 5.41) is 0. The van der Waals surface area contributed by atoms with Crippen molar-refractivity contribution in [1.82, 2.24) is 4.90 Å². The van der Waals surface area contributed by atoms with Crippen molar-refractivity contribution >= 4 is 21.6 Å². The number of piperidine rings is 1. The lowest BCUT2D eigenvalue weighted by molar-refractivity contribution is -0.139. The van der Waals surface area contributed by atoms with Gasteiger partial charge in [0.15, 0.2) is 6.10 Å². The molecule has 6 nitrogen and oxygen atoms in total. The predicted molar refractivity (Wildman–Crippen MR) is 112 cm³/mol. The quantitative estimate of drug-likeness (QED) is 0.772. The van der Waals surface area contributed by atoms with E-state index < -0.39 is 16.1 Å². The molecular formula is C22H26N2O4S. The summed E-state index contributed by atoms with van der Waals surface area (Å²) in [5.41, 5.74) is 1.81. The molecule has 1 amide bonds. The molecule has 2 aliphatic heterocycles. The van der Waals surface area contributed by atoms with E-state index in [-0.39, 0.29) is 12.5 Å². The molecule has 0 saturated carbocycles. The van der Waals surface area contributed by atoms with Crippen LogP contribution in [-0.4, -0.2) is 51.2 Å². The van der Waals surface area contributed by atoms with E-state index in [0.29, 0.717) is 30.4 Å². The van der Waals surface area contributed by atoms with Crippen LogP contribution >= 0.6 is 0 Å². The highest BCUT2D eigenvalue weighted by molar-refractivity contribution is 7.92. The first-order valence-electron chi connectivity index (χ1n) is 9.98. The maximum absolute atomic E-state index is 13.1. The summed E-state index contributed by atoms with van der Waals surface area (Å²) in [6.07, 6.45) is 3.26. The lowest BCUT2D eigenvalue weighted by Gasteiger charge is -2.38. The molecule has 1 saturated heterocycles. The Morgan fingerprint density at radius 2 is 1.69 bits per heavy atom. The molecule has 4 rings (SSSR count). The SMILES string of the molecule is CS(=O)(=O)N1C[C@@H](C(=O)N2CCC(Cc3ccccc3)CC2)Oc2ccccc21. The van der Waals surface area contributed by atoms with Crippen LogP contribution in [0.1, 0.15) is 18.4 Å². The van der Waals surface area contributed by atoms with Gasteiger partial charge in [0.2, 0.25) is 10.0 Å². The molecule has 0 bridgehead atoms. The molecule has 2 aromatic rings. The largest absolute Gasteiger partial charge is 0.476 e. The van der Waals surface area contributed by atoms with Crippen LogP contribution in [0.2, 0.25) is 0 Å². The highest BCUT2D eigenvalue weighted by atomic mass is 32.2. The number of ether oxygens (including phenoxy) is 1. The van der Waals surface area contributed by atoms with E-state index in [0.717, 1.165) is 25.5 Å². The zero-order valence-electron chi connectivity index (χ0n) is 16.5. The fourth-order valence-corrected chi connectivity index (χ4v) is 5.07. The molecule has 2 aromatic carbocycles. The second-order valence-corrected chi connectivity index (χ2v) is 9.73. The van der Waals surface area contributed by atoms with E-state index in [1.54, 1.807) is 24.3 Å². The third-order valence-electron chi connectivity index (χ3n) is 5.70. The molecular weight excluding hydrogens is 388 g/mol. The number of nitrogens with zero attached hydrogens (tertiary/aromatic N) is 2. The normalized spacial score (nSPS) is 20.1. The molecule has 0 aromatic heterocycles. The average Bonchev–Trinajstić information content (AvgIpc) is 2.73. The Labute approximate surface area is 172 Å². The Bertz CT molecular complexity index is 969. The van der Waals surface area contributed by atoms with Crippen LogP contribution in [0.3, 0.4) is 0 Å². The number of fused-ring (bicyclic) bond motifs is 1. The molecule has 1 fully saturated rings. The van der Waals surface area contributed by atoms with Crippen LogP contribution in [0.5, 0.6) is 5.75 Å². The van der Waals surface area contributed by atoms with Crippen LogP contribution in [0, 0.1) is 5.92 Å². The van der Waals surface area contributed by atoms with Crippen molar-refractivity contribution in [1.29, 1.82) is 0 Å². The van der Waals surface area contributed by atoms with Crippen molar-refractivity contribution in [3.05, 3.63) is 60.2 Å². The van der Waals surface area contributed by atoms with E-state index >= 15 is 0 Å². The van der Waals surface area contributed by atoms with Gasteiger partial charge in [-0.2, -0.15) is 0 Å². The molecule has 0 spiro atoms. The van der Waals surface area contributed by atoms with Crippen LogP contribution in [0.15, 0.2) is 54.6 Å². The van der Waals surface area contributed by atoms with Crippen molar-refractivity contribution in [2.75, 3.05) is 30.2 Å². The van der Waals surface area contributed by atoms with Gasteiger partial charge in [0.05, 0.1) is 18.5 Å². The highest BCUT2D eigenvalue weighted by Crippen LogP contribution is 2.35. The smallest absolute Gasteiger partial charge is 0.265 e. The molecule has 1 atom stereocenters. The molecule has 154 valence electrons. The Kier molecular flexibility index (Phi) is 5.50. The summed E-state index contributed by atoms with van der Waals surface area (Å²) in [7, 11) is -3.50. The Hall–Kier alpha value is -2.54. The molecule has 0 aliphatic carbocycles. The Morgan fingerprint density at radius 3 is 2.38 bits per heavy atom. The number of hydrogen-bond acceptors (Lipinski definition) is 4. The molecule has 0 N–H and O–H groups in total. The number of rotatable bonds is 4. The third-order valence-corrected chi connectivity index (χ3v) is 6.85. The highest BCUT2D eigenvalue weighted by Gasteiger charge is 2.37. The number of likely N-dealkylation sites (tertiary alicyclic amines) is 1. The summed E-state index contributed by atoms with van der Waals surface area (Å²) in [4.78, 5) is 14.9. The fraction of sp³-hybridized carbons (Fsp3) is 0.409. The number of para-hydroxylation sites is 2. The first kappa shape index (κ1) is 19.8. The Morgan fingerprint density at radius 1 is 1.03 bits per heavy atom. The minimum atomic E-state index is -3.50. The van der Waals surface area contributed by atoms with Gasteiger partial charge in [-0.3, -0.25) is 9.10 Å². The zero-order chi connectivity index (χ0) is 20.4. The van der Waals surface area contributed by atoms with Crippen molar-refractivity contribution in [2.45, 2.75) is 25.4 Å². The number of amides is 1. The van der Waals surface area contributed by atoms with Crippen LogP contribution in [0.4, 0.5) is 5.69 Å². The van der Waals surface area contributed by atoms with Crippen molar-refractivity contribution in [2.24, 2.45) is 5.92 Å². The number of sulfonamides is 1. The molecule has 2 heterocycles. The summed E-state index contributed by atoms with van der Waals surface area (Å²) >= 11 is 0. The second-order valence-electron chi connectivity index (χ2n) is 7.83. The summed E-state index contributed by atoms with van der Waals surface area (Å²) in [5.74, 6) is 0.856. The van der Waals surface area contributed by atoms with Crippen LogP contribution < -0.4 is 9.04 Å². The minimum absolute atomic E-state index is 0.0125. The van der Waals surface area contributed by atoms with Crippen molar-refractivity contribution in [3.63, 3.8) is 0 Å². The van der Waals surface area contributed by atoms with Crippen LogP contribution in [0.25, 0.3) is 0 Å². The van der Waals surface area contributed by atoms with Crippen molar-refractivity contribution < 1.29 is 17.9 Å². The number of benzene rings is 2. The van der Waals surface area contributed by atoms with Crippen molar-refractivity contribution in [3.8, 4) is 5.75 Å². The minimum Gasteiger partial charge on any atom is -0.476 e. The van der Waals surface area contributed by atoms with E-state index in [4.69, 9.17) is 4.74 Å². The lowest BCUT2D eigenvalue weighted by atomic mass is 9.90. The Balaban J connectivity index is 1.41. The topological polar surface area (TPSA) is 66.9 Å². The molecule has 29 heavy (non-hydrogen) atoms. The number of carbonyl (C=O) groups excluding carboxylic acids is 1. The van der Waals surface area contributed by atoms with Gasteiger partial charge in [-0.05, 0) is 42.9 Å². The molecule has 0 unspecified atom stereocenters. The zero-order valence-corrected chi connectivity index (χ0v) is 17.3. The maximum Gasteiger partial charge on any atom is 0.265 e. The van der Waals surface area contributed by atoms with Gasteiger partial charge in [0.25, 0.3) is 5.91 Å². The number of anilines is 1. The predicted octanol–water partition coefficient (Wildman–Crippen LogP) is 2.69. The second kappa shape index (κ2) is 8.06. The van der Waals surface area contributed by atoms with Gasteiger partial charge < -0.3 is 9.64 Å². The molecule has 7 heteroatoms. The summed E-state index contributed by atoms with van der Waals surface area (Å²) in [6.45, 7) is 1.37. The van der Waals surface area contributed by atoms with Crippen LogP contribution in [-0.2, 0) is 21.2 Å². The summed E-state index contributed by atoms with van der Waals surface area (Å²) in [6, 6.07) is 17.4. The standard InChI is InChI=1S/C22H26N2O4S/c1-29(26,27)24-16-21(28-20-10-6-5-9-19(20)24)22(25)23-13-11-18(12-14-23)15-17-7-3-2-4-8-17/h2-10,18,21H,11-16H2,1H3/t21-/m0/s1. The maximum atomic E-state index is 13.1. The van der Waals surface area contributed by atoms with E-state index in [1.807, 2.05) is 11.0 Å². The molecule has 2 aliphatic rings. The summed E-state index contributed by atoms with van der Waals surface area (Å²) < 4.78 is 31.7. The third kappa shape index (κ3) is 4.40. The van der Waals surface area contributed by atoms with Gasteiger partial charge >= 0.3 is 0 Å². The van der Waals surface area contributed by atoms with Gasteiger partial charge in [0, 0.05) is 13.1 Å². The average molecular weight is 415 g/mol. The van der Waals surface area contributed by atoms with E-state index in [9.17, 15) is 13.2 Å². The molecule has 0 radical (unpaired) electrons. The lowest BCUT2D eigenvalue weighted by Crippen LogP contribution is -2.53. The first-order chi connectivity index (χ1) is 13.9. The van der Waals surface area contributed by atoms with Gasteiger partial charge in [-0.1, -0.05) is 42.5 Å². The fourth-order valence-electron chi connectivity index (χ4n) is 4.15. The first-order valence-corrected chi connectivity index (χ1v) is 11.8. The van der Waals surface area contributed by atoms with E-state index in [2.05, 4.69) is 24.3 Å². The monoisotopic (exact) mass is 414 g/mol. The van der Waals surface area contributed by atoms with Gasteiger partial charge in [0.1, 0.15) is 5.75 Å². The number of hydrogen-bond donors (Lipinski definition) is 0. The van der Waals surface area contributed by atoms with Gasteiger partial charge in [-0.15, -0.1) is 0 Å². The number of carbonyl (C=O) groups is 1. The van der Waals surface area contributed by atoms with E-state index in [1.165, 1.54) is 9.87 Å².